The van der Waals surface area contributed by atoms with Gasteiger partial charge in [-0.1, -0.05) is 18.2 Å². The van der Waals surface area contributed by atoms with Crippen molar-refractivity contribution < 1.29 is 0 Å². The van der Waals surface area contributed by atoms with Crippen LogP contribution >= 0.6 is 11.8 Å². The van der Waals surface area contributed by atoms with Crippen molar-refractivity contribution in [2.24, 2.45) is 0 Å². The normalized spacial score (nSPS) is 11.0. The summed E-state index contributed by atoms with van der Waals surface area (Å²) in [6.07, 6.45) is 1.20. The fraction of sp³-hybridized carbons (Fsp3) is 0.333. The Bertz CT molecular complexity index is 389. The summed E-state index contributed by atoms with van der Waals surface area (Å²) >= 11 is 1.89. The minimum atomic E-state index is 1.09. The van der Waals surface area contributed by atoms with Crippen LogP contribution in [0.5, 0.6) is 0 Å². The van der Waals surface area contributed by atoms with Crippen LogP contribution in [0.15, 0.2) is 35.4 Å². The van der Waals surface area contributed by atoms with E-state index in [-0.39, 0.29) is 0 Å². The van der Waals surface area contributed by atoms with Crippen molar-refractivity contribution in [2.75, 3.05) is 19.3 Å². The molecular weight excluding hydrogens is 204 g/mol. The first-order valence-corrected chi connectivity index (χ1v) is 6.24. The van der Waals surface area contributed by atoms with E-state index in [4.69, 9.17) is 0 Å². The number of fused-ring (bicyclic) bond motifs is 1. The van der Waals surface area contributed by atoms with E-state index in [1.54, 1.807) is 0 Å². The van der Waals surface area contributed by atoms with E-state index >= 15 is 0 Å². The average Bonchev–Trinajstić information content (AvgIpc) is 2.67. The maximum Gasteiger partial charge on any atom is 0.0732 e. The van der Waals surface area contributed by atoms with E-state index in [0.717, 1.165) is 12.3 Å². The van der Waals surface area contributed by atoms with Crippen molar-refractivity contribution in [3.8, 4) is 0 Å². The molecule has 1 aromatic heterocycles. The third-order valence-corrected chi connectivity index (χ3v) is 3.36. The summed E-state index contributed by atoms with van der Waals surface area (Å²) in [6, 6.07) is 10.6. The van der Waals surface area contributed by atoms with Gasteiger partial charge in [-0.05, 0) is 32.1 Å². The number of para-hydroxylation sites is 1. The molecule has 2 N–H and O–H groups in total. The standard InChI is InChI=1S/C12H16N2S/c1-13-7-4-8-15-12-9-10-5-2-3-6-11(10)14-12/h2-3,5-6,9,13-14H,4,7-8H2,1H3. The maximum absolute atomic E-state index is 3.42. The molecule has 0 aliphatic heterocycles. The molecule has 0 unspecified atom stereocenters. The largest absolute Gasteiger partial charge is 0.350 e. The van der Waals surface area contributed by atoms with E-state index < -0.39 is 0 Å². The first-order valence-electron chi connectivity index (χ1n) is 5.25. The number of thioether (sulfide) groups is 1. The zero-order chi connectivity index (χ0) is 10.5. The van der Waals surface area contributed by atoms with Gasteiger partial charge < -0.3 is 10.3 Å². The molecule has 0 saturated heterocycles. The van der Waals surface area contributed by atoms with Crippen LogP contribution in [0.4, 0.5) is 0 Å². The summed E-state index contributed by atoms with van der Waals surface area (Å²) in [4.78, 5) is 3.42. The van der Waals surface area contributed by atoms with Gasteiger partial charge in [0.1, 0.15) is 0 Å². The summed E-state index contributed by atoms with van der Waals surface area (Å²) in [5.74, 6) is 1.16. The summed E-state index contributed by atoms with van der Waals surface area (Å²) in [7, 11) is 1.99. The van der Waals surface area contributed by atoms with Gasteiger partial charge in [0.05, 0.1) is 5.03 Å². The van der Waals surface area contributed by atoms with Crippen LogP contribution in [0.1, 0.15) is 6.42 Å². The number of hydrogen-bond acceptors (Lipinski definition) is 2. The van der Waals surface area contributed by atoms with Crippen molar-refractivity contribution in [3.05, 3.63) is 30.3 Å². The predicted molar refractivity (Wildman–Crippen MR) is 67.6 cm³/mol. The number of aromatic amines is 1. The van der Waals surface area contributed by atoms with Crippen molar-refractivity contribution in [1.82, 2.24) is 10.3 Å². The number of hydrogen-bond donors (Lipinski definition) is 2. The molecule has 0 atom stereocenters. The van der Waals surface area contributed by atoms with E-state index in [9.17, 15) is 0 Å². The Kier molecular flexibility index (Phi) is 3.69. The van der Waals surface area contributed by atoms with Gasteiger partial charge in [-0.15, -0.1) is 11.8 Å². The van der Waals surface area contributed by atoms with Crippen LogP contribution in [0.2, 0.25) is 0 Å². The molecule has 0 amide bonds. The molecule has 2 aromatic rings. The van der Waals surface area contributed by atoms with Crippen LogP contribution in [-0.4, -0.2) is 24.3 Å². The number of nitrogens with one attached hydrogen (secondary N) is 2. The Morgan fingerprint density at radius 1 is 1.33 bits per heavy atom. The first kappa shape index (κ1) is 10.6. The first-order chi connectivity index (χ1) is 7.40. The Morgan fingerprint density at radius 3 is 3.00 bits per heavy atom. The van der Waals surface area contributed by atoms with Crippen molar-refractivity contribution in [2.45, 2.75) is 11.4 Å². The number of H-pyrrole nitrogens is 1. The smallest absolute Gasteiger partial charge is 0.0732 e. The minimum Gasteiger partial charge on any atom is -0.350 e. The molecule has 2 rings (SSSR count). The van der Waals surface area contributed by atoms with Gasteiger partial charge >= 0.3 is 0 Å². The summed E-state index contributed by atoms with van der Waals surface area (Å²) in [5, 5.41) is 5.73. The fourth-order valence-corrected chi connectivity index (χ4v) is 2.46. The van der Waals surface area contributed by atoms with Gasteiger partial charge in [0, 0.05) is 16.7 Å². The van der Waals surface area contributed by atoms with Gasteiger partial charge in [-0.25, -0.2) is 0 Å². The highest BCUT2D eigenvalue weighted by atomic mass is 32.2. The lowest BCUT2D eigenvalue weighted by atomic mass is 10.3. The van der Waals surface area contributed by atoms with Crippen molar-refractivity contribution in [1.29, 1.82) is 0 Å². The summed E-state index contributed by atoms with van der Waals surface area (Å²) in [6.45, 7) is 1.09. The van der Waals surface area contributed by atoms with Crippen LogP contribution in [-0.2, 0) is 0 Å². The number of aromatic nitrogens is 1. The van der Waals surface area contributed by atoms with E-state index in [1.807, 2.05) is 18.8 Å². The molecular formula is C12H16N2S. The van der Waals surface area contributed by atoms with Gasteiger partial charge in [-0.2, -0.15) is 0 Å². The molecule has 0 aliphatic rings. The number of benzene rings is 1. The highest BCUT2D eigenvalue weighted by molar-refractivity contribution is 7.99. The van der Waals surface area contributed by atoms with E-state index in [1.165, 1.54) is 22.3 Å². The number of rotatable bonds is 5. The molecule has 0 saturated carbocycles. The summed E-state index contributed by atoms with van der Waals surface area (Å²) in [5.41, 5.74) is 1.23. The Labute approximate surface area is 94.5 Å². The van der Waals surface area contributed by atoms with Crippen LogP contribution in [0.3, 0.4) is 0 Å². The Balaban J connectivity index is 1.97. The van der Waals surface area contributed by atoms with Crippen molar-refractivity contribution >= 4 is 22.7 Å². The zero-order valence-corrected chi connectivity index (χ0v) is 9.73. The molecule has 15 heavy (non-hydrogen) atoms. The molecule has 1 heterocycles. The molecule has 2 nitrogen and oxygen atoms in total. The topological polar surface area (TPSA) is 27.8 Å². The molecule has 0 aliphatic carbocycles. The van der Waals surface area contributed by atoms with Gasteiger partial charge in [0.15, 0.2) is 0 Å². The van der Waals surface area contributed by atoms with Gasteiger partial charge in [0.25, 0.3) is 0 Å². The van der Waals surface area contributed by atoms with Crippen LogP contribution in [0.25, 0.3) is 10.9 Å². The SMILES string of the molecule is CNCCCSc1cc2ccccc2[nH]1. The molecule has 0 bridgehead atoms. The summed E-state index contributed by atoms with van der Waals surface area (Å²) < 4.78 is 0. The fourth-order valence-electron chi connectivity index (χ4n) is 1.56. The van der Waals surface area contributed by atoms with E-state index in [2.05, 4.69) is 40.6 Å². The second kappa shape index (κ2) is 5.24. The molecule has 0 radical (unpaired) electrons. The van der Waals surface area contributed by atoms with Crippen molar-refractivity contribution in [3.63, 3.8) is 0 Å². The Hall–Kier alpha value is -0.930. The lowest BCUT2D eigenvalue weighted by molar-refractivity contribution is 0.778. The highest BCUT2D eigenvalue weighted by Crippen LogP contribution is 2.23. The average molecular weight is 220 g/mol. The zero-order valence-electron chi connectivity index (χ0n) is 8.92. The quantitative estimate of drug-likeness (QED) is 0.599. The van der Waals surface area contributed by atoms with Crippen LogP contribution in [0, 0.1) is 0 Å². The lowest BCUT2D eigenvalue weighted by Gasteiger charge is -1.97. The second-order valence-electron chi connectivity index (χ2n) is 3.53. The van der Waals surface area contributed by atoms with Crippen LogP contribution < -0.4 is 5.32 Å². The third kappa shape index (κ3) is 2.76. The lowest BCUT2D eigenvalue weighted by Crippen LogP contribution is -2.07. The molecule has 80 valence electrons. The van der Waals surface area contributed by atoms with Gasteiger partial charge in [-0.3, -0.25) is 0 Å². The minimum absolute atomic E-state index is 1.09. The monoisotopic (exact) mass is 220 g/mol. The van der Waals surface area contributed by atoms with E-state index in [0.29, 0.717) is 0 Å². The Morgan fingerprint density at radius 2 is 2.20 bits per heavy atom. The van der Waals surface area contributed by atoms with Gasteiger partial charge in [0.2, 0.25) is 0 Å². The molecule has 0 fully saturated rings. The molecule has 0 spiro atoms. The predicted octanol–water partition coefficient (Wildman–Crippen LogP) is 2.87. The highest BCUT2D eigenvalue weighted by Gasteiger charge is 1.99. The third-order valence-electron chi connectivity index (χ3n) is 2.33. The second-order valence-corrected chi connectivity index (χ2v) is 4.66. The molecule has 1 aromatic carbocycles. The maximum atomic E-state index is 3.42. The molecule has 3 heteroatoms.